The minimum absolute atomic E-state index is 0.371. The zero-order chi connectivity index (χ0) is 13.7. The summed E-state index contributed by atoms with van der Waals surface area (Å²) in [6, 6.07) is 8.83. The molecule has 3 nitrogen and oxygen atoms in total. The van der Waals surface area contributed by atoms with Gasteiger partial charge in [-0.05, 0) is 43.0 Å². The highest BCUT2D eigenvalue weighted by molar-refractivity contribution is 5.28. The monoisotopic (exact) mass is 262 g/mol. The molecular formula is C16H26N2O. The van der Waals surface area contributed by atoms with Gasteiger partial charge in [0.05, 0.1) is 6.61 Å². The maximum Gasteiger partial charge on any atom is 0.119 e. The maximum atomic E-state index is 6.07. The van der Waals surface area contributed by atoms with Crippen LogP contribution < -0.4 is 10.5 Å². The molecule has 1 aromatic rings. The van der Waals surface area contributed by atoms with Crippen molar-refractivity contribution in [3.05, 3.63) is 29.8 Å². The molecule has 0 aliphatic carbocycles. The van der Waals surface area contributed by atoms with Gasteiger partial charge in [-0.15, -0.1) is 0 Å². The van der Waals surface area contributed by atoms with E-state index in [0.717, 1.165) is 44.8 Å². The van der Waals surface area contributed by atoms with Crippen molar-refractivity contribution in [2.75, 3.05) is 19.7 Å². The van der Waals surface area contributed by atoms with Crippen LogP contribution in [0, 0.1) is 5.92 Å². The Labute approximate surface area is 116 Å². The summed E-state index contributed by atoms with van der Waals surface area (Å²) >= 11 is 0. The highest BCUT2D eigenvalue weighted by Crippen LogP contribution is 2.19. The second-order valence-corrected chi connectivity index (χ2v) is 5.66. The van der Waals surface area contributed by atoms with Crippen LogP contribution in [-0.2, 0) is 6.54 Å². The molecule has 106 valence electrons. The van der Waals surface area contributed by atoms with E-state index in [1.54, 1.807) is 0 Å². The molecule has 0 bridgehead atoms. The number of likely N-dealkylation sites (tertiary alicyclic amines) is 1. The van der Waals surface area contributed by atoms with Gasteiger partial charge in [0.1, 0.15) is 5.75 Å². The molecule has 3 heteroatoms. The second kappa shape index (κ2) is 6.92. The lowest BCUT2D eigenvalue weighted by Gasteiger charge is -2.35. The van der Waals surface area contributed by atoms with Crippen molar-refractivity contribution in [1.29, 1.82) is 0 Å². The third-order valence-corrected chi connectivity index (χ3v) is 3.83. The topological polar surface area (TPSA) is 38.5 Å². The molecule has 0 aromatic heterocycles. The van der Waals surface area contributed by atoms with Crippen molar-refractivity contribution in [3.8, 4) is 5.75 Å². The molecular weight excluding hydrogens is 236 g/mol. The van der Waals surface area contributed by atoms with Gasteiger partial charge in [0.25, 0.3) is 0 Å². The second-order valence-electron chi connectivity index (χ2n) is 5.66. The summed E-state index contributed by atoms with van der Waals surface area (Å²) in [7, 11) is 0. The first-order valence-corrected chi connectivity index (χ1v) is 7.38. The predicted octanol–water partition coefficient (Wildman–Crippen LogP) is 2.64. The lowest BCUT2D eigenvalue weighted by Crippen LogP contribution is -2.45. The number of benzene rings is 1. The van der Waals surface area contributed by atoms with Crippen LogP contribution in [-0.4, -0.2) is 30.6 Å². The van der Waals surface area contributed by atoms with Crippen LogP contribution in [0.1, 0.15) is 32.3 Å². The van der Waals surface area contributed by atoms with Crippen molar-refractivity contribution in [1.82, 2.24) is 4.90 Å². The Morgan fingerprint density at radius 2 is 2.26 bits per heavy atom. The van der Waals surface area contributed by atoms with Gasteiger partial charge in [0.2, 0.25) is 0 Å². The normalized spacial score (nSPS) is 24.4. The van der Waals surface area contributed by atoms with Crippen LogP contribution >= 0.6 is 0 Å². The van der Waals surface area contributed by atoms with Gasteiger partial charge < -0.3 is 10.5 Å². The van der Waals surface area contributed by atoms with Crippen LogP contribution in [0.25, 0.3) is 0 Å². The summed E-state index contributed by atoms with van der Waals surface area (Å²) in [5.74, 6) is 1.58. The summed E-state index contributed by atoms with van der Waals surface area (Å²) in [6.45, 7) is 8.37. The minimum atomic E-state index is 0.371. The van der Waals surface area contributed by atoms with Crippen LogP contribution in [0.4, 0.5) is 0 Å². The molecule has 0 spiro atoms. The van der Waals surface area contributed by atoms with E-state index >= 15 is 0 Å². The van der Waals surface area contributed by atoms with E-state index in [0.29, 0.717) is 12.0 Å². The van der Waals surface area contributed by atoms with E-state index in [1.807, 2.05) is 6.07 Å². The molecule has 2 atom stereocenters. The van der Waals surface area contributed by atoms with E-state index in [9.17, 15) is 0 Å². The molecule has 1 aliphatic heterocycles. The molecule has 1 saturated heterocycles. The Bertz CT molecular complexity index is 394. The van der Waals surface area contributed by atoms with Gasteiger partial charge in [0, 0.05) is 19.1 Å². The van der Waals surface area contributed by atoms with Gasteiger partial charge in [0.15, 0.2) is 0 Å². The number of ether oxygens (including phenoxy) is 1. The SMILES string of the molecule is CCCOc1cccc(CN2CCC(N)C(C)C2)c1. The Morgan fingerprint density at radius 3 is 3.00 bits per heavy atom. The zero-order valence-corrected chi connectivity index (χ0v) is 12.1. The molecule has 1 aliphatic rings. The van der Waals surface area contributed by atoms with Crippen molar-refractivity contribution >= 4 is 0 Å². The van der Waals surface area contributed by atoms with Gasteiger partial charge in [-0.25, -0.2) is 0 Å². The third kappa shape index (κ3) is 4.22. The first kappa shape index (κ1) is 14.4. The van der Waals surface area contributed by atoms with Crippen molar-refractivity contribution in [2.45, 2.75) is 39.3 Å². The fourth-order valence-corrected chi connectivity index (χ4v) is 2.61. The average molecular weight is 262 g/mol. The van der Waals surface area contributed by atoms with Crippen LogP contribution in [0.15, 0.2) is 24.3 Å². The molecule has 2 rings (SSSR count). The standard InChI is InChI=1S/C16H26N2O/c1-3-9-19-15-6-4-5-14(10-15)12-18-8-7-16(17)13(2)11-18/h4-6,10,13,16H,3,7-9,11-12,17H2,1-2H3. The number of piperidine rings is 1. The molecule has 1 heterocycles. The summed E-state index contributed by atoms with van der Waals surface area (Å²) in [5, 5.41) is 0. The molecule has 19 heavy (non-hydrogen) atoms. The Hall–Kier alpha value is -1.06. The number of hydrogen-bond acceptors (Lipinski definition) is 3. The molecule has 2 unspecified atom stereocenters. The van der Waals surface area contributed by atoms with Crippen molar-refractivity contribution < 1.29 is 4.74 Å². The van der Waals surface area contributed by atoms with Gasteiger partial charge >= 0.3 is 0 Å². The maximum absolute atomic E-state index is 6.07. The lowest BCUT2D eigenvalue weighted by molar-refractivity contribution is 0.157. The largest absolute Gasteiger partial charge is 0.494 e. The number of rotatable bonds is 5. The summed E-state index contributed by atoms with van der Waals surface area (Å²) < 4.78 is 5.68. The fourth-order valence-electron chi connectivity index (χ4n) is 2.61. The van der Waals surface area contributed by atoms with E-state index in [-0.39, 0.29) is 0 Å². The zero-order valence-electron chi connectivity index (χ0n) is 12.1. The highest BCUT2D eigenvalue weighted by atomic mass is 16.5. The molecule has 0 saturated carbocycles. The number of nitrogens with zero attached hydrogens (tertiary/aromatic N) is 1. The molecule has 0 radical (unpaired) electrons. The fraction of sp³-hybridized carbons (Fsp3) is 0.625. The Kier molecular flexibility index (Phi) is 5.23. The quantitative estimate of drug-likeness (QED) is 0.886. The Morgan fingerprint density at radius 1 is 1.42 bits per heavy atom. The van der Waals surface area contributed by atoms with Gasteiger partial charge in [-0.2, -0.15) is 0 Å². The molecule has 1 aromatic carbocycles. The highest BCUT2D eigenvalue weighted by Gasteiger charge is 2.22. The van der Waals surface area contributed by atoms with E-state index in [1.165, 1.54) is 5.56 Å². The van der Waals surface area contributed by atoms with Gasteiger partial charge in [-0.1, -0.05) is 26.0 Å². The number of nitrogens with two attached hydrogens (primary N) is 1. The van der Waals surface area contributed by atoms with E-state index in [4.69, 9.17) is 10.5 Å². The minimum Gasteiger partial charge on any atom is -0.494 e. The molecule has 1 fully saturated rings. The average Bonchev–Trinajstić information content (AvgIpc) is 2.41. The smallest absolute Gasteiger partial charge is 0.119 e. The first-order chi connectivity index (χ1) is 9.19. The predicted molar refractivity (Wildman–Crippen MR) is 79.3 cm³/mol. The van der Waals surface area contributed by atoms with E-state index < -0.39 is 0 Å². The molecule has 0 amide bonds. The van der Waals surface area contributed by atoms with Crippen LogP contribution in [0.3, 0.4) is 0 Å². The lowest BCUT2D eigenvalue weighted by atomic mass is 9.94. The third-order valence-electron chi connectivity index (χ3n) is 3.83. The first-order valence-electron chi connectivity index (χ1n) is 7.38. The summed E-state index contributed by atoms with van der Waals surface area (Å²) in [4.78, 5) is 2.49. The van der Waals surface area contributed by atoms with Gasteiger partial charge in [-0.3, -0.25) is 4.90 Å². The van der Waals surface area contributed by atoms with Crippen molar-refractivity contribution in [2.24, 2.45) is 11.7 Å². The van der Waals surface area contributed by atoms with E-state index in [2.05, 4.69) is 36.9 Å². The summed E-state index contributed by atoms with van der Waals surface area (Å²) in [6.07, 6.45) is 2.15. The number of hydrogen-bond donors (Lipinski definition) is 1. The van der Waals surface area contributed by atoms with Crippen LogP contribution in [0.2, 0.25) is 0 Å². The Balaban J connectivity index is 1.91. The molecule has 2 N–H and O–H groups in total. The van der Waals surface area contributed by atoms with Crippen LogP contribution in [0.5, 0.6) is 5.75 Å². The van der Waals surface area contributed by atoms with Crippen molar-refractivity contribution in [3.63, 3.8) is 0 Å². The summed E-state index contributed by atoms with van der Waals surface area (Å²) in [5.41, 5.74) is 7.40.